The maximum absolute atomic E-state index is 5.17. The Morgan fingerprint density at radius 3 is 2.60 bits per heavy atom. The highest BCUT2D eigenvalue weighted by molar-refractivity contribution is 7.99. The van der Waals surface area contributed by atoms with E-state index in [1.165, 1.54) is 37.9 Å². The van der Waals surface area contributed by atoms with Crippen LogP contribution in [-0.2, 0) is 4.74 Å². The fourth-order valence-corrected chi connectivity index (χ4v) is 4.67. The summed E-state index contributed by atoms with van der Waals surface area (Å²) >= 11 is 2.17. The monoisotopic (exact) mass is 301 g/mol. The van der Waals surface area contributed by atoms with Crippen molar-refractivity contribution < 1.29 is 4.74 Å². The second kappa shape index (κ2) is 9.32. The van der Waals surface area contributed by atoms with Crippen LogP contribution in [0.15, 0.2) is 0 Å². The summed E-state index contributed by atoms with van der Waals surface area (Å²) in [5, 5.41) is 4.50. The molecule has 0 aliphatic heterocycles. The molecule has 0 aromatic carbocycles. The largest absolute Gasteiger partial charge is 0.385 e. The lowest BCUT2D eigenvalue weighted by atomic mass is 9.68. The Labute approximate surface area is 130 Å². The topological polar surface area (TPSA) is 21.3 Å². The van der Waals surface area contributed by atoms with Gasteiger partial charge < -0.3 is 10.1 Å². The highest BCUT2D eigenvalue weighted by Crippen LogP contribution is 2.43. The van der Waals surface area contributed by atoms with E-state index < -0.39 is 0 Å². The lowest BCUT2D eigenvalue weighted by molar-refractivity contribution is 0.141. The van der Waals surface area contributed by atoms with Crippen molar-refractivity contribution in [3.05, 3.63) is 0 Å². The number of hydrogen-bond donors (Lipinski definition) is 1. The zero-order chi connectivity index (χ0) is 15.0. The number of methoxy groups -OCH3 is 1. The van der Waals surface area contributed by atoms with Gasteiger partial charge in [0.25, 0.3) is 0 Å². The molecule has 0 heterocycles. The van der Waals surface area contributed by atoms with E-state index in [-0.39, 0.29) is 0 Å². The summed E-state index contributed by atoms with van der Waals surface area (Å²) in [6.07, 6.45) is 6.61. The standard InChI is InChI=1S/C17H35NOS/c1-6-17(3,4)14-9-10-15(18-7-2)16(13-14)20-12-8-11-19-5/h14-16,18H,6-13H2,1-5H3. The normalized spacial score (nSPS) is 27.8. The van der Waals surface area contributed by atoms with E-state index in [1.807, 2.05) is 0 Å². The van der Waals surface area contributed by atoms with E-state index in [4.69, 9.17) is 4.74 Å². The van der Waals surface area contributed by atoms with Gasteiger partial charge >= 0.3 is 0 Å². The van der Waals surface area contributed by atoms with Crippen molar-refractivity contribution in [3.8, 4) is 0 Å². The minimum absolute atomic E-state index is 0.503. The molecule has 2 nitrogen and oxygen atoms in total. The second-order valence-corrected chi connectivity index (χ2v) is 8.12. The third kappa shape index (κ3) is 5.57. The Hall–Kier alpha value is 0.270. The first kappa shape index (κ1) is 18.3. The summed E-state index contributed by atoms with van der Waals surface area (Å²) in [7, 11) is 1.80. The Kier molecular flexibility index (Phi) is 8.54. The summed E-state index contributed by atoms with van der Waals surface area (Å²) in [4.78, 5) is 0. The van der Waals surface area contributed by atoms with Gasteiger partial charge in [0.2, 0.25) is 0 Å². The first-order valence-corrected chi connectivity index (χ1v) is 9.44. The van der Waals surface area contributed by atoms with Crippen LogP contribution in [0.2, 0.25) is 0 Å². The number of rotatable bonds is 9. The molecule has 1 rings (SSSR count). The van der Waals surface area contributed by atoms with Gasteiger partial charge in [0.15, 0.2) is 0 Å². The number of ether oxygens (including phenoxy) is 1. The minimum atomic E-state index is 0.503. The molecule has 0 aromatic rings. The fraction of sp³-hybridized carbons (Fsp3) is 1.00. The predicted molar refractivity (Wildman–Crippen MR) is 91.6 cm³/mol. The summed E-state index contributed by atoms with van der Waals surface area (Å²) in [5.74, 6) is 2.13. The van der Waals surface area contributed by atoms with Crippen molar-refractivity contribution in [1.29, 1.82) is 0 Å². The third-order valence-electron chi connectivity index (χ3n) is 5.10. The summed E-state index contributed by atoms with van der Waals surface area (Å²) < 4.78 is 5.17. The third-order valence-corrected chi connectivity index (χ3v) is 6.57. The quantitative estimate of drug-likeness (QED) is 0.640. The molecule has 1 saturated carbocycles. The van der Waals surface area contributed by atoms with Gasteiger partial charge in [0.1, 0.15) is 0 Å². The molecule has 0 radical (unpaired) electrons. The van der Waals surface area contributed by atoms with E-state index in [0.29, 0.717) is 5.41 Å². The van der Waals surface area contributed by atoms with E-state index in [0.717, 1.165) is 30.4 Å². The molecule has 3 unspecified atom stereocenters. The van der Waals surface area contributed by atoms with Gasteiger partial charge in [-0.1, -0.05) is 34.1 Å². The Balaban J connectivity index is 2.53. The van der Waals surface area contributed by atoms with Gasteiger partial charge in [0.05, 0.1) is 0 Å². The van der Waals surface area contributed by atoms with Crippen LogP contribution in [-0.4, -0.2) is 37.3 Å². The Bertz CT molecular complexity index is 257. The van der Waals surface area contributed by atoms with Gasteiger partial charge in [-0.25, -0.2) is 0 Å². The molecule has 1 aliphatic carbocycles. The lowest BCUT2D eigenvalue weighted by Crippen LogP contribution is -2.45. The van der Waals surface area contributed by atoms with E-state index in [1.54, 1.807) is 7.11 Å². The Morgan fingerprint density at radius 1 is 1.25 bits per heavy atom. The summed E-state index contributed by atoms with van der Waals surface area (Å²) in [6, 6.07) is 0.719. The van der Waals surface area contributed by atoms with Gasteiger partial charge in [0, 0.05) is 25.0 Å². The van der Waals surface area contributed by atoms with Crippen molar-refractivity contribution in [2.75, 3.05) is 26.0 Å². The number of thioether (sulfide) groups is 1. The molecule has 20 heavy (non-hydrogen) atoms. The molecular weight excluding hydrogens is 266 g/mol. The van der Waals surface area contributed by atoms with E-state index in [9.17, 15) is 0 Å². The highest BCUT2D eigenvalue weighted by Gasteiger charge is 2.36. The van der Waals surface area contributed by atoms with Crippen molar-refractivity contribution in [2.45, 2.75) is 71.1 Å². The molecule has 0 amide bonds. The first-order chi connectivity index (χ1) is 9.55. The lowest BCUT2D eigenvalue weighted by Gasteiger charge is -2.43. The van der Waals surface area contributed by atoms with Gasteiger partial charge in [-0.2, -0.15) is 11.8 Å². The van der Waals surface area contributed by atoms with Crippen molar-refractivity contribution in [1.82, 2.24) is 5.32 Å². The van der Waals surface area contributed by atoms with Crippen LogP contribution < -0.4 is 5.32 Å². The molecule has 3 heteroatoms. The minimum Gasteiger partial charge on any atom is -0.385 e. The van der Waals surface area contributed by atoms with Crippen LogP contribution >= 0.6 is 11.8 Å². The van der Waals surface area contributed by atoms with Crippen LogP contribution in [0.25, 0.3) is 0 Å². The van der Waals surface area contributed by atoms with E-state index >= 15 is 0 Å². The maximum atomic E-state index is 5.17. The van der Waals surface area contributed by atoms with Gasteiger partial charge in [-0.3, -0.25) is 0 Å². The van der Waals surface area contributed by atoms with Crippen LogP contribution in [0.1, 0.15) is 59.8 Å². The van der Waals surface area contributed by atoms with Crippen molar-refractivity contribution in [3.63, 3.8) is 0 Å². The zero-order valence-corrected chi connectivity index (χ0v) is 15.0. The first-order valence-electron chi connectivity index (χ1n) is 8.39. The number of hydrogen-bond acceptors (Lipinski definition) is 3. The highest BCUT2D eigenvalue weighted by atomic mass is 32.2. The van der Waals surface area contributed by atoms with Crippen molar-refractivity contribution in [2.24, 2.45) is 11.3 Å². The second-order valence-electron chi connectivity index (χ2n) is 6.77. The predicted octanol–water partition coefficient (Wildman–Crippen LogP) is 4.34. The molecule has 1 fully saturated rings. The summed E-state index contributed by atoms with van der Waals surface area (Å²) in [6.45, 7) is 11.5. The van der Waals surface area contributed by atoms with Crippen molar-refractivity contribution >= 4 is 11.8 Å². The van der Waals surface area contributed by atoms with E-state index in [2.05, 4.69) is 44.8 Å². The van der Waals surface area contributed by atoms with Gasteiger partial charge in [-0.05, 0) is 49.3 Å². The van der Waals surface area contributed by atoms with Crippen LogP contribution in [0.3, 0.4) is 0 Å². The average Bonchev–Trinajstić information content (AvgIpc) is 2.45. The molecule has 0 aromatic heterocycles. The van der Waals surface area contributed by atoms with Crippen LogP contribution in [0.5, 0.6) is 0 Å². The Morgan fingerprint density at radius 2 is 2.00 bits per heavy atom. The van der Waals surface area contributed by atoms with Crippen LogP contribution in [0, 0.1) is 11.3 Å². The molecule has 0 spiro atoms. The molecule has 3 atom stereocenters. The average molecular weight is 302 g/mol. The fourth-order valence-electron chi connectivity index (χ4n) is 3.25. The number of nitrogens with one attached hydrogen (secondary N) is 1. The molecule has 120 valence electrons. The zero-order valence-electron chi connectivity index (χ0n) is 14.2. The van der Waals surface area contributed by atoms with Crippen LogP contribution in [0.4, 0.5) is 0 Å². The molecule has 0 bridgehead atoms. The van der Waals surface area contributed by atoms with Gasteiger partial charge in [-0.15, -0.1) is 0 Å². The molecule has 1 aliphatic rings. The molecule has 1 N–H and O–H groups in total. The summed E-state index contributed by atoms with van der Waals surface area (Å²) in [5.41, 5.74) is 0.503. The maximum Gasteiger partial charge on any atom is 0.0470 e. The smallest absolute Gasteiger partial charge is 0.0470 e. The molecule has 0 saturated heterocycles. The molecular formula is C17H35NOS. The SMILES string of the molecule is CCNC1CCC(C(C)(C)CC)CC1SCCCOC.